The number of nitrogens with one attached hydrogen (secondary N) is 6. The molecule has 3 saturated heterocycles. The smallest absolute Gasteiger partial charge is 0.422 e. The Bertz CT molecular complexity index is 2620. The van der Waals surface area contributed by atoms with Gasteiger partial charge in [-0.05, 0) is 190 Å². The van der Waals surface area contributed by atoms with E-state index in [0.29, 0.717) is 44.6 Å². The van der Waals surface area contributed by atoms with Gasteiger partial charge in [0.05, 0.1) is 5.56 Å². The molecule has 11 nitrogen and oxygen atoms in total. The predicted octanol–water partition coefficient (Wildman–Crippen LogP) is 12.5. The molecule has 0 saturated carbocycles. The Morgan fingerprint density at radius 2 is 0.959 bits per heavy atom. The van der Waals surface area contributed by atoms with Gasteiger partial charge in [-0.25, -0.2) is 4.98 Å². The molecule has 384 valence electrons. The second-order valence-electron chi connectivity index (χ2n) is 18.6. The zero-order valence-electron chi connectivity index (χ0n) is 41.0. The van der Waals surface area contributed by atoms with Crippen LogP contribution < -0.4 is 36.6 Å². The highest BCUT2D eigenvalue weighted by Gasteiger charge is 2.29. The Hall–Kier alpha value is -6.29. The molecule has 1 aromatic heterocycles. The second kappa shape index (κ2) is 26.6. The molecule has 0 unspecified atom stereocenters. The summed E-state index contributed by atoms with van der Waals surface area (Å²) >= 11 is 12.1. The van der Waals surface area contributed by atoms with Crippen molar-refractivity contribution in [2.24, 2.45) is 0 Å². The van der Waals surface area contributed by atoms with Gasteiger partial charge in [-0.3, -0.25) is 14.4 Å². The molecule has 9 rings (SSSR count). The first-order valence-corrected chi connectivity index (χ1v) is 25.5. The summed E-state index contributed by atoms with van der Waals surface area (Å²) in [5.74, 6) is 0.802. The van der Waals surface area contributed by atoms with E-state index in [4.69, 9.17) is 23.2 Å². The third kappa shape index (κ3) is 16.9. The van der Waals surface area contributed by atoms with Crippen molar-refractivity contribution in [3.05, 3.63) is 182 Å². The Balaban J connectivity index is 0.000000161. The molecule has 0 aliphatic carbocycles. The van der Waals surface area contributed by atoms with Crippen LogP contribution in [-0.2, 0) is 0 Å². The van der Waals surface area contributed by atoms with Crippen molar-refractivity contribution in [1.29, 1.82) is 0 Å². The van der Waals surface area contributed by atoms with E-state index in [0.717, 1.165) is 74.6 Å². The Labute approximate surface area is 435 Å². The number of benzene rings is 5. The van der Waals surface area contributed by atoms with Gasteiger partial charge in [0.2, 0.25) is 5.88 Å². The Morgan fingerprint density at radius 3 is 1.33 bits per heavy atom. The number of pyridine rings is 1. The van der Waals surface area contributed by atoms with Crippen LogP contribution in [-0.4, -0.2) is 74.8 Å². The summed E-state index contributed by atoms with van der Waals surface area (Å²) in [7, 11) is 0. The lowest BCUT2D eigenvalue weighted by atomic mass is 9.91. The summed E-state index contributed by atoms with van der Waals surface area (Å²) < 4.78 is 40.9. The van der Waals surface area contributed by atoms with Crippen molar-refractivity contribution in [2.75, 3.05) is 61.8 Å². The van der Waals surface area contributed by atoms with Gasteiger partial charge >= 0.3 is 6.18 Å². The monoisotopic (exact) mass is 1040 g/mol. The van der Waals surface area contributed by atoms with Crippen LogP contribution in [0.15, 0.2) is 128 Å². The van der Waals surface area contributed by atoms with Crippen LogP contribution in [0.25, 0.3) is 0 Å². The summed E-state index contributed by atoms with van der Waals surface area (Å²) in [6.45, 7) is 8.71. The summed E-state index contributed by atoms with van der Waals surface area (Å²) in [5, 5.41) is 20.1. The van der Waals surface area contributed by atoms with Crippen molar-refractivity contribution in [3.8, 4) is 5.88 Å². The largest absolute Gasteiger partial charge is 0.468 e. The number of rotatable bonds is 11. The van der Waals surface area contributed by atoms with E-state index in [9.17, 15) is 27.6 Å². The van der Waals surface area contributed by atoms with Crippen LogP contribution >= 0.6 is 23.2 Å². The molecule has 16 heteroatoms. The number of hydrogen-bond donors (Lipinski definition) is 6. The molecule has 3 atom stereocenters. The highest BCUT2D eigenvalue weighted by atomic mass is 35.5. The quantitative estimate of drug-likeness (QED) is 0.0752. The number of carbonyl (C=O) groups is 3. The van der Waals surface area contributed by atoms with Gasteiger partial charge in [0.1, 0.15) is 0 Å². The number of alkyl halides is 3. The maximum atomic E-state index is 12.3. The molecule has 6 N–H and O–H groups in total. The minimum atomic E-state index is -4.43. The lowest BCUT2D eigenvalue weighted by Gasteiger charge is -2.23. The van der Waals surface area contributed by atoms with Crippen LogP contribution in [0.1, 0.15) is 115 Å². The summed E-state index contributed by atoms with van der Waals surface area (Å²) in [4.78, 5) is 40.6. The van der Waals surface area contributed by atoms with Gasteiger partial charge < -0.3 is 36.6 Å². The van der Waals surface area contributed by atoms with Crippen molar-refractivity contribution in [3.63, 3.8) is 0 Å². The van der Waals surface area contributed by atoms with E-state index in [1.807, 2.05) is 68.4 Å². The van der Waals surface area contributed by atoms with Gasteiger partial charge in [-0.1, -0.05) is 65.7 Å². The fourth-order valence-electron chi connectivity index (χ4n) is 8.81. The van der Waals surface area contributed by atoms with Crippen LogP contribution in [0.5, 0.6) is 5.88 Å². The van der Waals surface area contributed by atoms with Gasteiger partial charge in [0, 0.05) is 70.1 Å². The second-order valence-corrected chi connectivity index (χ2v) is 19.4. The number of ether oxygens (including phenoxy) is 1. The van der Waals surface area contributed by atoms with Crippen molar-refractivity contribution in [1.82, 2.24) is 20.9 Å². The molecular formula is C57H62Cl2F3N7O4. The maximum Gasteiger partial charge on any atom is 0.422 e. The van der Waals surface area contributed by atoms with E-state index in [2.05, 4.69) is 65.9 Å². The number of aromatic nitrogens is 1. The van der Waals surface area contributed by atoms with Crippen molar-refractivity contribution < 1.29 is 32.3 Å². The summed E-state index contributed by atoms with van der Waals surface area (Å²) in [6.07, 6.45) is 3.94. The summed E-state index contributed by atoms with van der Waals surface area (Å²) in [6, 6.07) is 37.3. The van der Waals surface area contributed by atoms with Gasteiger partial charge in [-0.2, -0.15) is 13.2 Å². The fraction of sp³-hybridized carbons (Fsp3) is 0.333. The maximum absolute atomic E-state index is 12.3. The van der Waals surface area contributed by atoms with Crippen LogP contribution in [0.3, 0.4) is 0 Å². The topological polar surface area (TPSA) is 146 Å². The molecule has 5 aromatic carbocycles. The van der Waals surface area contributed by atoms with Gasteiger partial charge in [-0.15, -0.1) is 0 Å². The van der Waals surface area contributed by atoms with Crippen LogP contribution in [0.2, 0.25) is 10.0 Å². The third-order valence-corrected chi connectivity index (χ3v) is 13.9. The molecule has 0 radical (unpaired) electrons. The first-order chi connectivity index (χ1) is 35.2. The normalized spacial score (nSPS) is 17.6. The number of carbonyl (C=O) groups excluding carboxylic acids is 3. The molecule has 3 aliphatic rings. The Kier molecular flexibility index (Phi) is 19.9. The number of anilines is 3. The number of hydrogen-bond acceptors (Lipinski definition) is 8. The average molecular weight is 1040 g/mol. The van der Waals surface area contributed by atoms with E-state index >= 15 is 0 Å². The lowest BCUT2D eigenvalue weighted by Crippen LogP contribution is -2.28. The van der Waals surface area contributed by atoms with Crippen LogP contribution in [0, 0.1) is 13.8 Å². The molecule has 73 heavy (non-hydrogen) atoms. The molecule has 3 fully saturated rings. The average Bonchev–Trinajstić information content (AvgIpc) is 3.41. The Morgan fingerprint density at radius 1 is 0.548 bits per heavy atom. The number of aryl methyl sites for hydroxylation is 2. The standard InChI is InChI=1S/2C19H21ClN2O.C19H20F3N3O2/c1-13-11-15(6-9-18(13)20)19(23)22-17-7-4-14(5-8-17)16-3-2-10-21-12-16;1-13-4-5-15(11-18(13)20)19(23)22-17-8-6-14(7-9-17)16-3-2-10-21-12-16;20-19(21,22)12-27-17-8-5-15(11-24-17)18(26)25-16-6-3-13(4-7-16)14-2-1-9-23-10-14/h2*4-9,11,16,21H,2-3,10,12H2,1H3,(H,22,23);3-8,11,14,23H,1-2,9-10,12H2,(H,25,26)/t2*16-;14-/m111/s1. The number of halogens is 5. The molecule has 0 spiro atoms. The minimum absolute atomic E-state index is 0.114. The molecule has 3 aliphatic heterocycles. The van der Waals surface area contributed by atoms with E-state index in [-0.39, 0.29) is 23.3 Å². The first-order valence-electron chi connectivity index (χ1n) is 24.7. The fourth-order valence-corrected chi connectivity index (χ4v) is 9.11. The minimum Gasteiger partial charge on any atom is -0.468 e. The molecule has 0 bridgehead atoms. The van der Waals surface area contributed by atoms with Gasteiger partial charge in [0.15, 0.2) is 6.61 Å². The third-order valence-electron chi connectivity index (χ3n) is 13.0. The van der Waals surface area contributed by atoms with Gasteiger partial charge in [0.25, 0.3) is 17.7 Å². The highest BCUT2D eigenvalue weighted by molar-refractivity contribution is 6.32. The first kappa shape index (κ1) is 54.5. The van der Waals surface area contributed by atoms with Crippen LogP contribution in [0.4, 0.5) is 30.2 Å². The van der Waals surface area contributed by atoms with E-state index in [1.165, 1.54) is 60.7 Å². The molecule has 3 amide bonds. The van der Waals surface area contributed by atoms with Crippen molar-refractivity contribution >= 4 is 58.0 Å². The zero-order chi connectivity index (χ0) is 51.7. The SMILES string of the molecule is Cc1cc(C(=O)Nc2ccc([C@@H]3CCCNC3)cc2)ccc1Cl.Cc1ccc(C(=O)Nc2ccc([C@@H]3CCCNC3)cc2)cc1Cl.O=C(Nc1ccc([C@@H]2CCCNC2)cc1)c1ccc(OCC(F)(F)F)nc1. The highest BCUT2D eigenvalue weighted by Crippen LogP contribution is 2.28. The molecular weight excluding hydrogens is 975 g/mol. The lowest BCUT2D eigenvalue weighted by molar-refractivity contribution is -0.154. The zero-order valence-corrected chi connectivity index (χ0v) is 42.5. The van der Waals surface area contributed by atoms with Crippen molar-refractivity contribution in [2.45, 2.75) is 76.3 Å². The predicted molar refractivity (Wildman–Crippen MR) is 286 cm³/mol. The molecule has 4 heterocycles. The summed E-state index contributed by atoms with van der Waals surface area (Å²) in [5.41, 5.74) is 9.44. The molecule has 6 aromatic rings. The van der Waals surface area contributed by atoms with E-state index < -0.39 is 18.7 Å². The number of nitrogens with zero attached hydrogens (tertiary/aromatic N) is 1. The number of piperidine rings is 3. The van der Waals surface area contributed by atoms with E-state index in [1.54, 1.807) is 30.3 Å². The number of amides is 3.